The zero-order valence-electron chi connectivity index (χ0n) is 19.2. The van der Waals surface area contributed by atoms with Crippen LogP contribution in [-0.4, -0.2) is 32.2 Å². The van der Waals surface area contributed by atoms with Gasteiger partial charge in [-0.1, -0.05) is 53.3 Å². The van der Waals surface area contributed by atoms with Crippen molar-refractivity contribution >= 4 is 14.0 Å². The number of hydrogen-bond acceptors (Lipinski definition) is 5. The summed E-state index contributed by atoms with van der Waals surface area (Å²) in [7, 11) is -3.20. The van der Waals surface area contributed by atoms with Gasteiger partial charge in [-0.3, -0.25) is 4.98 Å². The molecule has 2 rings (SSSR count). The SMILES string of the molecule is C=CC(C(=O)Oc1c(-c2ccc(F)cc2)cc(C(C)(C)C)nc1C(C)C)(C(C)O)[P+](=O)O. The lowest BCUT2D eigenvalue weighted by Gasteiger charge is -2.25. The van der Waals surface area contributed by atoms with Crippen LogP contribution < -0.4 is 4.74 Å². The van der Waals surface area contributed by atoms with Crippen LogP contribution in [0.4, 0.5) is 4.39 Å². The summed E-state index contributed by atoms with van der Waals surface area (Å²) in [6.07, 6.45) is -0.595. The molecule has 8 heteroatoms. The molecule has 0 fully saturated rings. The normalized spacial score (nSPS) is 15.1. The van der Waals surface area contributed by atoms with Crippen LogP contribution in [0.1, 0.15) is 58.8 Å². The standard InChI is InChI=1S/C24H29FNO5P/c1-8-24(15(4)27,32(29)30)22(28)31-21-18(16-9-11-17(25)12-10-16)13-19(23(5,6)7)26-20(21)14(2)3/h8-15,27H,1H2,2-7H3/p+1. The molecule has 0 aliphatic heterocycles. The average Bonchev–Trinajstić information content (AvgIpc) is 2.68. The van der Waals surface area contributed by atoms with Crippen LogP contribution in [0.15, 0.2) is 43.0 Å². The van der Waals surface area contributed by atoms with Crippen molar-refractivity contribution in [1.82, 2.24) is 4.98 Å². The topological polar surface area (TPSA) is 96.7 Å². The second-order valence-electron chi connectivity index (χ2n) is 9.05. The molecule has 3 unspecified atom stereocenters. The van der Waals surface area contributed by atoms with Crippen LogP contribution in [0.3, 0.4) is 0 Å². The Morgan fingerprint density at radius 2 is 1.78 bits per heavy atom. The van der Waals surface area contributed by atoms with Crippen LogP contribution in [0, 0.1) is 5.82 Å². The van der Waals surface area contributed by atoms with Crippen LogP contribution in [0.5, 0.6) is 5.75 Å². The molecule has 1 aromatic heterocycles. The number of carbonyl (C=O) groups excluding carboxylic acids is 1. The summed E-state index contributed by atoms with van der Waals surface area (Å²) in [5.74, 6) is -1.62. The molecule has 0 bridgehead atoms. The van der Waals surface area contributed by atoms with Gasteiger partial charge in [-0.25, -0.2) is 9.18 Å². The van der Waals surface area contributed by atoms with E-state index in [4.69, 9.17) is 9.72 Å². The second-order valence-corrected chi connectivity index (χ2v) is 10.3. The highest BCUT2D eigenvalue weighted by Gasteiger charge is 2.60. The number of carbonyl (C=O) groups is 1. The number of hydrogen-bond donors (Lipinski definition) is 2. The maximum atomic E-state index is 13.6. The zero-order valence-corrected chi connectivity index (χ0v) is 20.1. The minimum Gasteiger partial charge on any atom is -0.420 e. The Hall–Kier alpha value is -2.47. The van der Waals surface area contributed by atoms with Crippen molar-refractivity contribution < 1.29 is 28.5 Å². The van der Waals surface area contributed by atoms with E-state index in [0.717, 1.165) is 11.8 Å². The van der Waals surface area contributed by atoms with Crippen molar-refractivity contribution in [1.29, 1.82) is 0 Å². The van der Waals surface area contributed by atoms with Crippen LogP contribution in [-0.2, 0) is 14.8 Å². The zero-order chi connectivity index (χ0) is 24.4. The fourth-order valence-electron chi connectivity index (χ4n) is 3.19. The van der Waals surface area contributed by atoms with E-state index in [0.29, 0.717) is 16.8 Å². The molecule has 1 aromatic carbocycles. The third-order valence-corrected chi connectivity index (χ3v) is 6.63. The number of esters is 1. The van der Waals surface area contributed by atoms with Gasteiger partial charge in [-0.15, -0.1) is 0 Å². The van der Waals surface area contributed by atoms with Crippen molar-refractivity contribution in [3.63, 3.8) is 0 Å². The largest absolute Gasteiger partial charge is 0.531 e. The van der Waals surface area contributed by atoms with E-state index < -0.39 is 31.1 Å². The van der Waals surface area contributed by atoms with Gasteiger partial charge in [0.25, 0.3) is 0 Å². The monoisotopic (exact) mass is 462 g/mol. The van der Waals surface area contributed by atoms with Gasteiger partial charge in [0.15, 0.2) is 5.75 Å². The van der Waals surface area contributed by atoms with E-state index in [1.165, 1.54) is 19.1 Å². The highest BCUT2D eigenvalue weighted by Crippen LogP contribution is 2.44. The highest BCUT2D eigenvalue weighted by atomic mass is 31.1. The molecular formula is C24H30FNO5P+. The van der Waals surface area contributed by atoms with Crippen molar-refractivity contribution in [3.8, 4) is 16.9 Å². The van der Waals surface area contributed by atoms with Gasteiger partial charge in [0, 0.05) is 16.7 Å². The Morgan fingerprint density at radius 3 is 2.19 bits per heavy atom. The Morgan fingerprint density at radius 1 is 1.22 bits per heavy atom. The first-order chi connectivity index (χ1) is 14.7. The first-order valence-electron chi connectivity index (χ1n) is 10.3. The first-order valence-corrected chi connectivity index (χ1v) is 11.5. The number of aromatic nitrogens is 1. The Balaban J connectivity index is 2.82. The number of aliphatic hydroxyl groups excluding tert-OH is 1. The summed E-state index contributed by atoms with van der Waals surface area (Å²) in [4.78, 5) is 27.7. The quantitative estimate of drug-likeness (QED) is 0.331. The predicted octanol–water partition coefficient (Wildman–Crippen LogP) is 5.25. The summed E-state index contributed by atoms with van der Waals surface area (Å²) in [6, 6.07) is 7.46. The molecule has 2 N–H and O–H groups in total. The minimum atomic E-state index is -3.20. The van der Waals surface area contributed by atoms with Crippen molar-refractivity contribution in [2.45, 2.75) is 64.1 Å². The van der Waals surface area contributed by atoms with Gasteiger partial charge in [0.05, 0.1) is 5.69 Å². The molecule has 0 saturated carbocycles. The van der Waals surface area contributed by atoms with Gasteiger partial charge < -0.3 is 9.84 Å². The summed E-state index contributed by atoms with van der Waals surface area (Å²) in [5, 5.41) is 7.94. The maximum Gasteiger partial charge on any atom is 0.531 e. The third-order valence-electron chi connectivity index (χ3n) is 5.26. The fourth-order valence-corrected chi connectivity index (χ4v) is 3.87. The van der Waals surface area contributed by atoms with E-state index in [1.807, 2.05) is 34.6 Å². The Labute approximate surface area is 189 Å². The molecule has 0 saturated heterocycles. The molecule has 0 aliphatic rings. The van der Waals surface area contributed by atoms with E-state index in [9.17, 15) is 23.7 Å². The maximum absolute atomic E-state index is 13.6. The molecule has 3 atom stereocenters. The number of rotatable bonds is 7. The highest BCUT2D eigenvalue weighted by molar-refractivity contribution is 7.42. The first kappa shape index (κ1) is 25.8. The van der Waals surface area contributed by atoms with Crippen molar-refractivity contribution in [2.75, 3.05) is 0 Å². The number of nitrogens with zero attached hydrogens (tertiary/aromatic N) is 1. The lowest BCUT2D eigenvalue weighted by atomic mass is 9.88. The van der Waals surface area contributed by atoms with Gasteiger partial charge >= 0.3 is 19.2 Å². The lowest BCUT2D eigenvalue weighted by molar-refractivity contribution is -0.138. The third kappa shape index (κ3) is 4.96. The molecule has 0 aliphatic carbocycles. The van der Waals surface area contributed by atoms with Crippen molar-refractivity contribution in [3.05, 3.63) is 60.2 Å². The van der Waals surface area contributed by atoms with Crippen LogP contribution in [0.2, 0.25) is 0 Å². The van der Waals surface area contributed by atoms with Gasteiger partial charge in [0.2, 0.25) is 0 Å². The Kier molecular flexibility index (Phi) is 7.71. The molecule has 2 aromatic rings. The number of benzene rings is 1. The molecular weight excluding hydrogens is 432 g/mol. The molecule has 0 radical (unpaired) electrons. The lowest BCUT2D eigenvalue weighted by Crippen LogP contribution is -2.46. The van der Waals surface area contributed by atoms with E-state index in [1.54, 1.807) is 18.2 Å². The number of aliphatic hydroxyl groups is 1. The summed E-state index contributed by atoms with van der Waals surface area (Å²) in [6.45, 7) is 14.4. The Bertz CT molecular complexity index is 1030. The fraction of sp³-hybridized carbons (Fsp3) is 0.417. The number of ether oxygens (including phenoxy) is 1. The molecule has 1 heterocycles. The molecule has 0 spiro atoms. The number of pyridine rings is 1. The predicted molar refractivity (Wildman–Crippen MR) is 122 cm³/mol. The molecule has 0 amide bonds. The second kappa shape index (κ2) is 9.57. The summed E-state index contributed by atoms with van der Waals surface area (Å²) >= 11 is 0. The van der Waals surface area contributed by atoms with Gasteiger partial charge in [0.1, 0.15) is 11.9 Å². The van der Waals surface area contributed by atoms with Gasteiger partial charge in [-0.05, 0) is 47.2 Å². The van der Waals surface area contributed by atoms with Gasteiger partial charge in [-0.2, -0.15) is 4.89 Å². The molecule has 172 valence electrons. The van der Waals surface area contributed by atoms with E-state index in [-0.39, 0.29) is 17.1 Å². The minimum absolute atomic E-state index is 0.0910. The van der Waals surface area contributed by atoms with Crippen LogP contribution in [0.25, 0.3) is 11.1 Å². The number of halogens is 1. The smallest absolute Gasteiger partial charge is 0.420 e. The van der Waals surface area contributed by atoms with Crippen LogP contribution >= 0.6 is 8.03 Å². The van der Waals surface area contributed by atoms with E-state index in [2.05, 4.69) is 6.58 Å². The molecule has 32 heavy (non-hydrogen) atoms. The van der Waals surface area contributed by atoms with E-state index >= 15 is 0 Å². The summed E-state index contributed by atoms with van der Waals surface area (Å²) < 4.78 is 31.4. The molecule has 6 nitrogen and oxygen atoms in total. The average molecular weight is 462 g/mol. The van der Waals surface area contributed by atoms with Crippen molar-refractivity contribution in [2.24, 2.45) is 0 Å². The summed E-state index contributed by atoms with van der Waals surface area (Å²) in [5.41, 5.74) is 1.93.